The van der Waals surface area contributed by atoms with Crippen LogP contribution in [0.1, 0.15) is 0 Å². The van der Waals surface area contributed by atoms with Gasteiger partial charge in [0, 0.05) is 90.3 Å². The molecule has 0 aliphatic rings. The number of hydrogen-bond acceptors (Lipinski definition) is 0. The van der Waals surface area contributed by atoms with Crippen LogP contribution in [0, 0.1) is 0 Å². The second kappa shape index (κ2) is 16.1. The Balaban J connectivity index is 0. The molecule has 0 N–H and O–H groups in total. The second-order valence-corrected chi connectivity index (χ2v) is 0. The topological polar surface area (TPSA) is 0 Å². The third kappa shape index (κ3) is 9.07. The van der Waals surface area contributed by atoms with Crippen molar-refractivity contribution in [2.24, 2.45) is 0 Å². The standard InChI is InChI=1S/Ca.Mg.Na.H3P/h;;;1H3. The van der Waals surface area contributed by atoms with Gasteiger partial charge in [0.15, 0.2) is 0 Å². The molecular formula is H3CaMgNaP. The molecule has 0 saturated carbocycles. The molecule has 0 nitrogen and oxygen atoms in total. The number of rotatable bonds is 0. The van der Waals surface area contributed by atoms with E-state index in [0.29, 0.717) is 0 Å². The Kier molecular flexibility index (Phi) is 105. The SMILES string of the molecule is P.[Ca].[Mg].[Na]. The predicted octanol–water partition coefficient (Wildman–Crippen LogP) is -1.08. The first-order chi connectivity index (χ1) is 0. The zero-order valence-corrected chi connectivity index (χ0v) is 10.2. The van der Waals surface area contributed by atoms with E-state index in [4.69, 9.17) is 0 Å². The molecule has 1 unspecified atom stereocenters. The third-order valence-electron chi connectivity index (χ3n) is 0. The molecule has 1 atom stereocenters. The van der Waals surface area contributed by atoms with Crippen LogP contribution < -0.4 is 0 Å². The molecule has 0 saturated heterocycles. The zero-order chi connectivity index (χ0) is 0. The van der Waals surface area contributed by atoms with E-state index in [1.165, 1.54) is 0 Å². The van der Waals surface area contributed by atoms with E-state index in [1.807, 2.05) is 0 Å². The van der Waals surface area contributed by atoms with Crippen LogP contribution in [-0.4, -0.2) is 90.3 Å². The summed E-state index contributed by atoms with van der Waals surface area (Å²) in [7, 11) is 0. The van der Waals surface area contributed by atoms with Gasteiger partial charge < -0.3 is 0 Å². The first kappa shape index (κ1) is 26.0. The van der Waals surface area contributed by atoms with E-state index >= 15 is 0 Å². The first-order valence-corrected chi connectivity index (χ1v) is 0. The van der Waals surface area contributed by atoms with Crippen LogP contribution in [-0.2, 0) is 0 Å². The van der Waals surface area contributed by atoms with Gasteiger partial charge >= 0.3 is 0 Å². The minimum absolute atomic E-state index is 0. The Labute approximate surface area is 97.9 Å². The summed E-state index contributed by atoms with van der Waals surface area (Å²) >= 11 is 0. The van der Waals surface area contributed by atoms with E-state index in [-0.39, 0.29) is 100 Å². The molecule has 5 radical (unpaired) electrons. The Morgan fingerprint density at radius 2 is 1.00 bits per heavy atom. The average molecular weight is 121 g/mol. The fraction of sp³-hybridized carbons (Fsp3) is 0. The molecular weight excluding hydrogens is 118 g/mol. The maximum absolute atomic E-state index is 0. The summed E-state index contributed by atoms with van der Waals surface area (Å²) in [6.45, 7) is 0. The molecule has 4 heavy (non-hydrogen) atoms. The van der Waals surface area contributed by atoms with Crippen molar-refractivity contribution < 1.29 is 0 Å². The molecule has 13 valence electrons. The monoisotopic (exact) mass is 121 g/mol. The minimum Gasteiger partial charge on any atom is -0.153 e. The Morgan fingerprint density at radius 1 is 1.00 bits per heavy atom. The molecule has 0 bridgehead atoms. The Bertz CT molecular complexity index is 8.00. The summed E-state index contributed by atoms with van der Waals surface area (Å²) in [5.41, 5.74) is 0. The van der Waals surface area contributed by atoms with E-state index in [9.17, 15) is 0 Å². The molecule has 0 aliphatic carbocycles. The maximum Gasteiger partial charge on any atom is 0 e. The molecule has 0 aromatic rings. The molecule has 4 heteroatoms. The van der Waals surface area contributed by atoms with Gasteiger partial charge in [-0.25, -0.2) is 0 Å². The number of hydrogen-bond donors (Lipinski definition) is 0. The van der Waals surface area contributed by atoms with Crippen LogP contribution in [0.25, 0.3) is 0 Å². The van der Waals surface area contributed by atoms with Crippen LogP contribution in [0.2, 0.25) is 0 Å². The fourth-order valence-electron chi connectivity index (χ4n) is 0. The molecule has 0 aromatic carbocycles. The smallest absolute Gasteiger partial charge is 0 e. The minimum atomic E-state index is 0. The van der Waals surface area contributed by atoms with Crippen LogP contribution in [0.15, 0.2) is 0 Å². The van der Waals surface area contributed by atoms with Gasteiger partial charge in [-0.05, 0) is 0 Å². The van der Waals surface area contributed by atoms with E-state index < -0.39 is 0 Å². The van der Waals surface area contributed by atoms with Crippen molar-refractivity contribution in [3.63, 3.8) is 0 Å². The van der Waals surface area contributed by atoms with E-state index in [2.05, 4.69) is 0 Å². The summed E-state index contributed by atoms with van der Waals surface area (Å²) in [4.78, 5) is 0. The quantitative estimate of drug-likeness (QED) is 0.282. The van der Waals surface area contributed by atoms with Gasteiger partial charge in [0.25, 0.3) is 0 Å². The molecule has 0 fully saturated rings. The first-order valence-electron chi connectivity index (χ1n) is 0. The Morgan fingerprint density at radius 3 is 1.00 bits per heavy atom. The van der Waals surface area contributed by atoms with Crippen LogP contribution in [0.3, 0.4) is 0 Å². The normalized spacial score (nSPS) is 0. The van der Waals surface area contributed by atoms with Gasteiger partial charge in [0.1, 0.15) is 0 Å². The van der Waals surface area contributed by atoms with Crippen molar-refractivity contribution >= 4 is 100 Å². The van der Waals surface area contributed by atoms with E-state index in [1.54, 1.807) is 0 Å². The molecule has 0 heterocycles. The molecule has 0 spiro atoms. The van der Waals surface area contributed by atoms with Gasteiger partial charge in [-0.1, -0.05) is 0 Å². The molecule has 0 rings (SSSR count). The van der Waals surface area contributed by atoms with Crippen molar-refractivity contribution in [3.05, 3.63) is 0 Å². The van der Waals surface area contributed by atoms with Gasteiger partial charge in [-0.15, -0.1) is 0 Å². The largest absolute Gasteiger partial charge is 0.153 e. The summed E-state index contributed by atoms with van der Waals surface area (Å²) < 4.78 is 0. The van der Waals surface area contributed by atoms with Crippen molar-refractivity contribution in [3.8, 4) is 0 Å². The third-order valence-corrected chi connectivity index (χ3v) is 0. The van der Waals surface area contributed by atoms with E-state index in [0.717, 1.165) is 0 Å². The molecule has 0 aliphatic heterocycles. The van der Waals surface area contributed by atoms with Crippen LogP contribution in [0.5, 0.6) is 0 Å². The summed E-state index contributed by atoms with van der Waals surface area (Å²) in [5, 5.41) is 0. The second-order valence-electron chi connectivity index (χ2n) is 0. The van der Waals surface area contributed by atoms with Gasteiger partial charge in [0.05, 0.1) is 0 Å². The summed E-state index contributed by atoms with van der Waals surface area (Å²) in [6, 6.07) is 0. The van der Waals surface area contributed by atoms with Crippen molar-refractivity contribution in [1.29, 1.82) is 0 Å². The predicted molar refractivity (Wildman–Crippen MR) is 28.4 cm³/mol. The average Bonchev–Trinajstić information content (AvgIpc) is 0. The van der Waals surface area contributed by atoms with Gasteiger partial charge in [-0.2, -0.15) is 9.90 Å². The summed E-state index contributed by atoms with van der Waals surface area (Å²) in [6.07, 6.45) is 0. The van der Waals surface area contributed by atoms with Crippen LogP contribution in [0.4, 0.5) is 0 Å². The fourth-order valence-corrected chi connectivity index (χ4v) is 0. The van der Waals surface area contributed by atoms with Crippen molar-refractivity contribution in [2.75, 3.05) is 0 Å². The molecule has 0 aromatic heterocycles. The van der Waals surface area contributed by atoms with Crippen molar-refractivity contribution in [1.82, 2.24) is 0 Å². The summed E-state index contributed by atoms with van der Waals surface area (Å²) in [5.74, 6) is 0. The van der Waals surface area contributed by atoms with Gasteiger partial charge in [-0.3, -0.25) is 0 Å². The van der Waals surface area contributed by atoms with Crippen LogP contribution >= 0.6 is 9.90 Å². The van der Waals surface area contributed by atoms with Gasteiger partial charge in [0.2, 0.25) is 0 Å². The zero-order valence-electron chi connectivity index (χ0n) is 3.12. The maximum atomic E-state index is 0. The van der Waals surface area contributed by atoms with Crippen molar-refractivity contribution in [2.45, 2.75) is 0 Å². The molecule has 0 amide bonds. The Hall–Kier alpha value is 3.46.